The molecule has 0 saturated heterocycles. The van der Waals surface area contributed by atoms with Crippen LogP contribution in [0.5, 0.6) is 0 Å². The fourth-order valence-corrected chi connectivity index (χ4v) is 6.88. The number of aromatic carboxylic acids is 1. The summed E-state index contributed by atoms with van der Waals surface area (Å²) in [6.07, 6.45) is -5.67. The third-order valence-electron chi connectivity index (χ3n) is 5.84. The van der Waals surface area contributed by atoms with Crippen molar-refractivity contribution in [3.05, 3.63) is 69.9 Å². The predicted molar refractivity (Wildman–Crippen MR) is 117 cm³/mol. The van der Waals surface area contributed by atoms with Crippen molar-refractivity contribution in [3.8, 4) is 11.3 Å². The molecule has 0 spiro atoms. The first-order valence-corrected chi connectivity index (χ1v) is 12.0. The molecule has 3 N–H and O–H groups in total. The van der Waals surface area contributed by atoms with Gasteiger partial charge in [0.15, 0.2) is 9.84 Å². The van der Waals surface area contributed by atoms with Crippen molar-refractivity contribution in [1.29, 1.82) is 0 Å². The second kappa shape index (κ2) is 8.68. The van der Waals surface area contributed by atoms with E-state index in [4.69, 9.17) is 16.7 Å². The van der Waals surface area contributed by atoms with Crippen molar-refractivity contribution in [1.82, 2.24) is 10.2 Å². The Kier molecular flexibility index (Phi) is 6.14. The maximum Gasteiger partial charge on any atom is 0.417 e. The minimum absolute atomic E-state index is 0.0265. The van der Waals surface area contributed by atoms with E-state index in [2.05, 4.69) is 10.2 Å². The zero-order chi connectivity index (χ0) is 25.7. The number of benzene rings is 2. The summed E-state index contributed by atoms with van der Waals surface area (Å²) in [5.74, 6) is -3.71. The number of nitrogens with one attached hydrogen (secondary N) is 1. The summed E-state index contributed by atoms with van der Waals surface area (Å²) in [6, 6.07) is 7.87. The number of hydrogen-bond acceptors (Lipinski definition) is 5. The topological polar surface area (TPSA) is 137 Å². The number of H-pyrrole nitrogens is 1. The molecule has 0 radical (unpaired) electrons. The molecule has 1 aromatic heterocycles. The van der Waals surface area contributed by atoms with Gasteiger partial charge in [0, 0.05) is 23.2 Å². The number of hydrogen-bond donors (Lipinski definition) is 3. The molecule has 0 amide bonds. The lowest BCUT2D eigenvalue weighted by atomic mass is 9.85. The van der Waals surface area contributed by atoms with Gasteiger partial charge in [-0.25, -0.2) is 13.2 Å². The van der Waals surface area contributed by atoms with Crippen molar-refractivity contribution in [2.75, 3.05) is 0 Å². The fraction of sp³-hybridized carbons (Fsp3) is 0.227. The first-order chi connectivity index (χ1) is 16.3. The second-order valence-corrected chi connectivity index (χ2v) is 10.4. The highest BCUT2D eigenvalue weighted by Crippen LogP contribution is 2.48. The Balaban J connectivity index is 1.94. The number of carboxylic acid groups (broad SMARTS) is 2. The summed E-state index contributed by atoms with van der Waals surface area (Å²) in [6.45, 7) is 0. The van der Waals surface area contributed by atoms with Crippen molar-refractivity contribution in [2.45, 2.75) is 29.2 Å². The summed E-state index contributed by atoms with van der Waals surface area (Å²) in [7, 11) is -4.88. The molecule has 13 heteroatoms. The largest absolute Gasteiger partial charge is 0.481 e. The van der Waals surface area contributed by atoms with Gasteiger partial charge in [0.05, 0.1) is 37.9 Å². The van der Waals surface area contributed by atoms with E-state index in [0.717, 1.165) is 12.1 Å². The van der Waals surface area contributed by atoms with Gasteiger partial charge in [0.2, 0.25) is 0 Å². The molecule has 2 atom stereocenters. The average molecular weight is 529 g/mol. The minimum atomic E-state index is -5.04. The Labute approximate surface area is 201 Å². The smallest absolute Gasteiger partial charge is 0.417 e. The average Bonchev–Trinajstić information content (AvgIpc) is 3.21. The third kappa shape index (κ3) is 4.39. The van der Waals surface area contributed by atoms with Gasteiger partial charge in [0.25, 0.3) is 0 Å². The van der Waals surface area contributed by atoms with Crippen molar-refractivity contribution in [3.63, 3.8) is 0 Å². The molecule has 0 fully saturated rings. The van der Waals surface area contributed by atoms with Crippen LogP contribution in [0.3, 0.4) is 0 Å². The molecule has 4 rings (SSSR count). The summed E-state index contributed by atoms with van der Waals surface area (Å²) in [5.41, 5.74) is -0.959. The molecule has 35 heavy (non-hydrogen) atoms. The fourth-order valence-electron chi connectivity index (χ4n) is 4.22. The SMILES string of the molecule is O=C(O)c1ccc(-c2n[nH]c3c2C(S(=O)(=O)c2c(Cl)cccc2C(F)(F)F)CC(C(=O)O)C3)cc1. The number of carboxylic acids is 2. The van der Waals surface area contributed by atoms with Crippen LogP contribution in [-0.2, 0) is 27.2 Å². The van der Waals surface area contributed by atoms with Crippen LogP contribution in [0.1, 0.15) is 38.8 Å². The summed E-state index contributed by atoms with van der Waals surface area (Å²) >= 11 is 5.97. The van der Waals surface area contributed by atoms with Gasteiger partial charge in [-0.05, 0) is 30.7 Å². The molecule has 2 aromatic carbocycles. The maximum absolute atomic E-state index is 13.7. The van der Waals surface area contributed by atoms with E-state index in [1.165, 1.54) is 24.3 Å². The van der Waals surface area contributed by atoms with Gasteiger partial charge >= 0.3 is 18.1 Å². The number of fused-ring (bicyclic) bond motifs is 1. The van der Waals surface area contributed by atoms with Crippen LogP contribution in [0.2, 0.25) is 5.02 Å². The number of rotatable bonds is 5. The van der Waals surface area contributed by atoms with Crippen LogP contribution in [0.15, 0.2) is 47.4 Å². The zero-order valence-electron chi connectivity index (χ0n) is 17.5. The monoisotopic (exact) mass is 528 g/mol. The van der Waals surface area contributed by atoms with E-state index in [0.29, 0.717) is 11.6 Å². The highest BCUT2D eigenvalue weighted by atomic mass is 35.5. The molecule has 3 aromatic rings. The lowest BCUT2D eigenvalue weighted by Crippen LogP contribution is -2.30. The van der Waals surface area contributed by atoms with Gasteiger partial charge in [0.1, 0.15) is 0 Å². The molecule has 1 aliphatic rings. The molecular formula is C22H16ClF3N2O6S. The van der Waals surface area contributed by atoms with Crippen LogP contribution in [-0.4, -0.2) is 40.8 Å². The summed E-state index contributed by atoms with van der Waals surface area (Å²) in [4.78, 5) is 21.8. The van der Waals surface area contributed by atoms with E-state index in [-0.39, 0.29) is 28.9 Å². The molecule has 184 valence electrons. The van der Waals surface area contributed by atoms with E-state index >= 15 is 0 Å². The standard InChI is InChI=1S/C22H16ClF3N2O6S/c23-14-3-1-2-13(22(24,25)26)19(14)35(33,34)16-9-12(21(31)32)8-15-17(16)18(28-27-15)10-4-6-11(7-5-10)20(29)30/h1-7,12,16H,8-9H2,(H,27,28)(H,29,30)(H,31,32). The lowest BCUT2D eigenvalue weighted by molar-refractivity contribution is -0.142. The number of halogens is 4. The minimum Gasteiger partial charge on any atom is -0.481 e. The van der Waals surface area contributed by atoms with Gasteiger partial charge in [-0.3, -0.25) is 9.89 Å². The summed E-state index contributed by atoms with van der Waals surface area (Å²) < 4.78 is 68.7. The first kappa shape index (κ1) is 24.7. The first-order valence-electron chi connectivity index (χ1n) is 10.1. The van der Waals surface area contributed by atoms with Crippen LogP contribution in [0, 0.1) is 5.92 Å². The highest BCUT2D eigenvalue weighted by Gasteiger charge is 2.46. The molecule has 0 aliphatic heterocycles. The molecule has 1 heterocycles. The quantitative estimate of drug-likeness (QED) is 0.439. The van der Waals surface area contributed by atoms with Crippen LogP contribution >= 0.6 is 11.6 Å². The van der Waals surface area contributed by atoms with Gasteiger partial charge < -0.3 is 10.2 Å². The Hall–Kier alpha value is -3.38. The van der Waals surface area contributed by atoms with E-state index in [1.807, 2.05) is 0 Å². The Bertz CT molecular complexity index is 1430. The van der Waals surface area contributed by atoms with Crippen LogP contribution in [0.25, 0.3) is 11.3 Å². The number of aliphatic carboxylic acids is 1. The maximum atomic E-state index is 13.7. The lowest BCUT2D eigenvalue weighted by Gasteiger charge is -2.28. The molecular weight excluding hydrogens is 513 g/mol. The summed E-state index contributed by atoms with van der Waals surface area (Å²) in [5, 5.41) is 23.0. The number of aromatic amines is 1. The van der Waals surface area contributed by atoms with E-state index in [1.54, 1.807) is 0 Å². The Morgan fingerprint density at radius 1 is 1.09 bits per heavy atom. The number of alkyl halides is 3. The van der Waals surface area contributed by atoms with Crippen molar-refractivity contribution in [2.24, 2.45) is 5.92 Å². The zero-order valence-corrected chi connectivity index (χ0v) is 19.1. The van der Waals surface area contributed by atoms with Crippen LogP contribution in [0.4, 0.5) is 13.2 Å². The van der Waals surface area contributed by atoms with Gasteiger partial charge in [-0.1, -0.05) is 29.8 Å². The number of aromatic nitrogens is 2. The number of sulfone groups is 1. The number of nitrogens with zero attached hydrogens (tertiary/aromatic N) is 1. The number of carbonyl (C=O) groups is 2. The van der Waals surface area contributed by atoms with Gasteiger partial charge in [-0.2, -0.15) is 18.3 Å². The molecule has 0 saturated carbocycles. The molecule has 0 bridgehead atoms. The Morgan fingerprint density at radius 3 is 2.31 bits per heavy atom. The highest BCUT2D eigenvalue weighted by molar-refractivity contribution is 7.91. The third-order valence-corrected chi connectivity index (χ3v) is 8.45. The molecule has 2 unspecified atom stereocenters. The van der Waals surface area contributed by atoms with Crippen molar-refractivity contribution < 1.29 is 41.4 Å². The van der Waals surface area contributed by atoms with E-state index < -0.39 is 61.0 Å². The normalized spacial score (nSPS) is 18.2. The predicted octanol–water partition coefficient (Wildman–Crippen LogP) is 4.61. The molecule has 1 aliphatic carbocycles. The molecule has 8 nitrogen and oxygen atoms in total. The van der Waals surface area contributed by atoms with Crippen molar-refractivity contribution >= 4 is 33.4 Å². The van der Waals surface area contributed by atoms with Gasteiger partial charge in [-0.15, -0.1) is 0 Å². The Morgan fingerprint density at radius 2 is 1.74 bits per heavy atom. The van der Waals surface area contributed by atoms with E-state index in [9.17, 15) is 36.3 Å². The second-order valence-electron chi connectivity index (χ2n) is 7.97. The van der Waals surface area contributed by atoms with Crippen LogP contribution < -0.4 is 0 Å².